The molecule has 2 aliphatic rings. The van der Waals surface area contributed by atoms with Crippen molar-refractivity contribution in [2.24, 2.45) is 5.92 Å². The lowest BCUT2D eigenvalue weighted by molar-refractivity contribution is -0.129. The van der Waals surface area contributed by atoms with Crippen molar-refractivity contribution in [2.45, 2.75) is 38.5 Å². The number of amides is 1. The predicted octanol–water partition coefficient (Wildman–Crippen LogP) is 2.94. The zero-order valence-corrected chi connectivity index (χ0v) is 14.3. The number of hydrogen-bond donors (Lipinski definition) is 0. The molecule has 2 atom stereocenters. The molecule has 0 spiro atoms. The van der Waals surface area contributed by atoms with E-state index in [0.29, 0.717) is 24.2 Å². The molecule has 0 saturated carbocycles. The summed E-state index contributed by atoms with van der Waals surface area (Å²) in [5.41, 5.74) is 3.56. The Morgan fingerprint density at radius 3 is 2.79 bits per heavy atom. The van der Waals surface area contributed by atoms with E-state index in [9.17, 15) is 4.79 Å². The van der Waals surface area contributed by atoms with Crippen LogP contribution in [0.3, 0.4) is 0 Å². The standard InChI is InChI=1S/C20H23N3O/c1-13(2)20-21-10-16-17-12-23(11-15(17)9-18(16)22-20)19(24)8-14-6-4-3-5-7-14/h3-7,10,13,15,17H,8-9,11-12H2,1-2H3/t15-,17-/m0/s1. The topological polar surface area (TPSA) is 46.1 Å². The highest BCUT2D eigenvalue weighted by Gasteiger charge is 2.42. The summed E-state index contributed by atoms with van der Waals surface area (Å²) >= 11 is 0. The van der Waals surface area contributed by atoms with Crippen molar-refractivity contribution < 1.29 is 4.79 Å². The fourth-order valence-corrected chi connectivity index (χ4v) is 3.96. The van der Waals surface area contributed by atoms with Crippen LogP contribution in [0.4, 0.5) is 0 Å². The molecule has 4 rings (SSSR count). The minimum absolute atomic E-state index is 0.233. The maximum absolute atomic E-state index is 12.6. The molecule has 2 heterocycles. The normalized spacial score (nSPS) is 21.9. The van der Waals surface area contributed by atoms with Gasteiger partial charge in [0.1, 0.15) is 5.82 Å². The summed E-state index contributed by atoms with van der Waals surface area (Å²) in [6.45, 7) is 5.92. The average molecular weight is 321 g/mol. The van der Waals surface area contributed by atoms with E-state index >= 15 is 0 Å². The van der Waals surface area contributed by atoms with Crippen LogP contribution >= 0.6 is 0 Å². The number of carbonyl (C=O) groups is 1. The fourth-order valence-electron chi connectivity index (χ4n) is 3.96. The van der Waals surface area contributed by atoms with Gasteiger partial charge in [0.25, 0.3) is 0 Å². The van der Waals surface area contributed by atoms with Gasteiger partial charge in [0.05, 0.1) is 6.42 Å². The van der Waals surface area contributed by atoms with Gasteiger partial charge in [-0.25, -0.2) is 9.97 Å². The highest BCUT2D eigenvalue weighted by Crippen LogP contribution is 2.42. The van der Waals surface area contributed by atoms with E-state index in [0.717, 1.165) is 30.9 Å². The first-order chi connectivity index (χ1) is 11.6. The summed E-state index contributed by atoms with van der Waals surface area (Å²) < 4.78 is 0. The Morgan fingerprint density at radius 1 is 1.25 bits per heavy atom. The highest BCUT2D eigenvalue weighted by molar-refractivity contribution is 5.79. The third-order valence-electron chi connectivity index (χ3n) is 5.28. The van der Waals surface area contributed by atoms with Gasteiger partial charge in [-0.3, -0.25) is 4.79 Å². The van der Waals surface area contributed by atoms with E-state index in [-0.39, 0.29) is 5.91 Å². The Labute approximate surface area is 142 Å². The van der Waals surface area contributed by atoms with Crippen molar-refractivity contribution in [3.05, 3.63) is 59.2 Å². The van der Waals surface area contributed by atoms with Crippen molar-refractivity contribution in [1.29, 1.82) is 0 Å². The molecule has 1 aliphatic carbocycles. The van der Waals surface area contributed by atoms with Gasteiger partial charge < -0.3 is 4.90 Å². The van der Waals surface area contributed by atoms with Crippen LogP contribution in [0.1, 0.15) is 48.3 Å². The Morgan fingerprint density at radius 2 is 2.04 bits per heavy atom. The molecule has 24 heavy (non-hydrogen) atoms. The number of benzene rings is 1. The molecule has 4 heteroatoms. The molecule has 0 bridgehead atoms. The minimum atomic E-state index is 0.233. The molecule has 1 aromatic heterocycles. The van der Waals surface area contributed by atoms with E-state index in [1.165, 1.54) is 11.3 Å². The van der Waals surface area contributed by atoms with Crippen molar-refractivity contribution in [2.75, 3.05) is 13.1 Å². The van der Waals surface area contributed by atoms with Crippen LogP contribution in [0.25, 0.3) is 0 Å². The van der Waals surface area contributed by atoms with E-state index < -0.39 is 0 Å². The first-order valence-corrected chi connectivity index (χ1v) is 8.79. The van der Waals surface area contributed by atoms with Gasteiger partial charge in [-0.1, -0.05) is 44.2 Å². The van der Waals surface area contributed by atoms with E-state index in [1.807, 2.05) is 41.4 Å². The summed E-state index contributed by atoms with van der Waals surface area (Å²) in [6, 6.07) is 10.00. The monoisotopic (exact) mass is 321 g/mol. The molecule has 4 nitrogen and oxygen atoms in total. The smallest absolute Gasteiger partial charge is 0.227 e. The zero-order chi connectivity index (χ0) is 16.7. The molecule has 0 radical (unpaired) electrons. The van der Waals surface area contributed by atoms with Gasteiger partial charge in [0.2, 0.25) is 5.91 Å². The lowest BCUT2D eigenvalue weighted by atomic mass is 9.97. The third kappa shape index (κ3) is 2.70. The number of aromatic nitrogens is 2. The second-order valence-corrected chi connectivity index (χ2v) is 7.32. The van der Waals surface area contributed by atoms with Crippen LogP contribution in [0.2, 0.25) is 0 Å². The molecule has 1 aliphatic heterocycles. The maximum atomic E-state index is 12.6. The summed E-state index contributed by atoms with van der Waals surface area (Å²) in [4.78, 5) is 23.9. The van der Waals surface area contributed by atoms with E-state index in [4.69, 9.17) is 4.98 Å². The molecule has 2 aromatic rings. The predicted molar refractivity (Wildman–Crippen MR) is 92.8 cm³/mol. The van der Waals surface area contributed by atoms with Gasteiger partial charge >= 0.3 is 0 Å². The van der Waals surface area contributed by atoms with Crippen LogP contribution in [-0.4, -0.2) is 33.9 Å². The molecule has 1 aromatic carbocycles. The lowest BCUT2D eigenvalue weighted by Crippen LogP contribution is -2.31. The second kappa shape index (κ2) is 6.00. The number of likely N-dealkylation sites (tertiary alicyclic amines) is 1. The lowest BCUT2D eigenvalue weighted by Gasteiger charge is -2.18. The van der Waals surface area contributed by atoms with Gasteiger partial charge in [-0.2, -0.15) is 0 Å². The number of carbonyl (C=O) groups excluding carboxylic acids is 1. The Kier molecular flexibility index (Phi) is 3.83. The molecule has 1 fully saturated rings. The Bertz CT molecular complexity index is 757. The van der Waals surface area contributed by atoms with Crippen LogP contribution in [0.5, 0.6) is 0 Å². The van der Waals surface area contributed by atoms with Crippen molar-refractivity contribution in [1.82, 2.24) is 14.9 Å². The molecule has 1 amide bonds. The van der Waals surface area contributed by atoms with Gasteiger partial charge in [0, 0.05) is 36.8 Å². The average Bonchev–Trinajstić information content (AvgIpc) is 3.12. The Balaban J connectivity index is 1.47. The van der Waals surface area contributed by atoms with Crippen molar-refractivity contribution >= 4 is 5.91 Å². The Hall–Kier alpha value is -2.23. The zero-order valence-electron chi connectivity index (χ0n) is 14.3. The van der Waals surface area contributed by atoms with Crippen LogP contribution < -0.4 is 0 Å². The maximum Gasteiger partial charge on any atom is 0.227 e. The van der Waals surface area contributed by atoms with E-state index in [2.05, 4.69) is 18.8 Å². The third-order valence-corrected chi connectivity index (χ3v) is 5.28. The molecule has 0 unspecified atom stereocenters. The van der Waals surface area contributed by atoms with Crippen LogP contribution in [-0.2, 0) is 17.6 Å². The van der Waals surface area contributed by atoms with Gasteiger partial charge in [-0.15, -0.1) is 0 Å². The summed E-state index contributed by atoms with van der Waals surface area (Å²) in [5.74, 6) is 2.46. The van der Waals surface area contributed by atoms with Gasteiger partial charge in [-0.05, 0) is 23.5 Å². The number of nitrogens with zero attached hydrogens (tertiary/aromatic N) is 3. The highest BCUT2D eigenvalue weighted by atomic mass is 16.2. The first kappa shape index (κ1) is 15.3. The number of fused-ring (bicyclic) bond motifs is 3. The number of hydrogen-bond acceptors (Lipinski definition) is 3. The number of rotatable bonds is 3. The SMILES string of the molecule is CC(C)c1ncc2c(n1)C[C@H]1CN(C(=O)Cc3ccccc3)C[C@H]21. The molecule has 1 saturated heterocycles. The van der Waals surface area contributed by atoms with Crippen molar-refractivity contribution in [3.8, 4) is 0 Å². The summed E-state index contributed by atoms with van der Waals surface area (Å²) in [5, 5.41) is 0. The summed E-state index contributed by atoms with van der Waals surface area (Å²) in [6.07, 6.45) is 3.49. The summed E-state index contributed by atoms with van der Waals surface area (Å²) in [7, 11) is 0. The molecular formula is C20H23N3O. The van der Waals surface area contributed by atoms with Crippen LogP contribution in [0.15, 0.2) is 36.5 Å². The quantitative estimate of drug-likeness (QED) is 0.873. The van der Waals surface area contributed by atoms with Gasteiger partial charge in [0.15, 0.2) is 0 Å². The molecule has 124 valence electrons. The second-order valence-electron chi connectivity index (χ2n) is 7.32. The minimum Gasteiger partial charge on any atom is -0.341 e. The van der Waals surface area contributed by atoms with Crippen molar-refractivity contribution in [3.63, 3.8) is 0 Å². The molecule has 0 N–H and O–H groups in total. The largest absolute Gasteiger partial charge is 0.341 e. The van der Waals surface area contributed by atoms with Crippen LogP contribution in [0, 0.1) is 5.92 Å². The molecular weight excluding hydrogens is 298 g/mol. The van der Waals surface area contributed by atoms with E-state index in [1.54, 1.807) is 0 Å². The fraction of sp³-hybridized carbons (Fsp3) is 0.450. The first-order valence-electron chi connectivity index (χ1n) is 8.79.